The molecule has 1 fully saturated rings. The average molecular weight is 409 g/mol. The topological polar surface area (TPSA) is 113 Å². The molecule has 1 amide bonds. The Labute approximate surface area is 175 Å². The van der Waals surface area contributed by atoms with Crippen LogP contribution in [0.25, 0.3) is 0 Å². The van der Waals surface area contributed by atoms with Gasteiger partial charge in [0.15, 0.2) is 5.82 Å². The third-order valence-corrected chi connectivity index (χ3v) is 5.41. The zero-order valence-corrected chi connectivity index (χ0v) is 17.3. The number of anilines is 3. The Morgan fingerprint density at radius 3 is 2.70 bits per heavy atom. The van der Waals surface area contributed by atoms with Gasteiger partial charge in [-0.1, -0.05) is 26.0 Å². The zero-order valence-electron chi connectivity index (χ0n) is 17.3. The molecule has 0 radical (unpaired) electrons. The van der Waals surface area contributed by atoms with Gasteiger partial charge in [0.2, 0.25) is 0 Å². The molecule has 2 aliphatic rings. The van der Waals surface area contributed by atoms with Gasteiger partial charge in [-0.25, -0.2) is 15.8 Å². The van der Waals surface area contributed by atoms with Crippen LogP contribution in [0.15, 0.2) is 41.5 Å². The highest BCUT2D eigenvalue weighted by Crippen LogP contribution is 2.31. The predicted molar refractivity (Wildman–Crippen MR) is 117 cm³/mol. The molecule has 0 unspecified atom stereocenters. The van der Waals surface area contributed by atoms with E-state index in [1.165, 1.54) is 5.01 Å². The molecule has 9 nitrogen and oxygen atoms in total. The lowest BCUT2D eigenvalue weighted by Crippen LogP contribution is -2.42. The largest absolute Gasteiger partial charge is 0.378 e. The van der Waals surface area contributed by atoms with Gasteiger partial charge in [-0.15, -0.1) is 0 Å². The zero-order chi connectivity index (χ0) is 21.3. The fraction of sp³-hybridized carbons (Fsp3) is 0.381. The second-order valence-electron chi connectivity index (χ2n) is 7.70. The van der Waals surface area contributed by atoms with Crippen LogP contribution >= 0.6 is 0 Å². The summed E-state index contributed by atoms with van der Waals surface area (Å²) in [7, 11) is 0. The summed E-state index contributed by atoms with van der Waals surface area (Å²) in [5.74, 6) is 13.2. The molecule has 4 rings (SSSR count). The van der Waals surface area contributed by atoms with E-state index >= 15 is 0 Å². The second kappa shape index (κ2) is 8.29. The molecular formula is C21H27N7O2. The number of hydrogen-bond acceptors (Lipinski definition) is 7. The van der Waals surface area contributed by atoms with Crippen LogP contribution in [0.1, 0.15) is 29.8 Å². The predicted octanol–water partition coefficient (Wildman–Crippen LogP) is 1.69. The van der Waals surface area contributed by atoms with Crippen molar-refractivity contribution in [3.05, 3.63) is 47.5 Å². The summed E-state index contributed by atoms with van der Waals surface area (Å²) in [6.07, 6.45) is 0. The summed E-state index contributed by atoms with van der Waals surface area (Å²) in [5.41, 5.74) is 2.74. The molecule has 2 aliphatic heterocycles. The molecule has 1 saturated heterocycles. The summed E-state index contributed by atoms with van der Waals surface area (Å²) in [6.45, 7) is 7.42. The van der Waals surface area contributed by atoms with Crippen LogP contribution in [-0.4, -0.2) is 43.0 Å². The normalized spacial score (nSPS) is 16.9. The minimum Gasteiger partial charge on any atom is -0.378 e. The number of nitrogens with zero attached hydrogens (tertiary/aromatic N) is 5. The van der Waals surface area contributed by atoms with Crippen LogP contribution in [0.4, 0.5) is 17.3 Å². The fourth-order valence-corrected chi connectivity index (χ4v) is 3.80. The van der Waals surface area contributed by atoms with E-state index in [9.17, 15) is 4.79 Å². The third-order valence-electron chi connectivity index (χ3n) is 5.41. The Hall–Kier alpha value is -3.17. The van der Waals surface area contributed by atoms with Crippen LogP contribution in [0.3, 0.4) is 0 Å². The molecule has 0 atom stereocenters. The van der Waals surface area contributed by atoms with Crippen molar-refractivity contribution in [2.45, 2.75) is 20.4 Å². The van der Waals surface area contributed by atoms with Gasteiger partial charge in [0, 0.05) is 30.3 Å². The highest BCUT2D eigenvalue weighted by Gasteiger charge is 2.30. The highest BCUT2D eigenvalue weighted by molar-refractivity contribution is 6.10. The fourth-order valence-electron chi connectivity index (χ4n) is 3.80. The van der Waals surface area contributed by atoms with Crippen LogP contribution < -0.4 is 26.5 Å². The minimum atomic E-state index is -0.0649. The average Bonchev–Trinajstić information content (AvgIpc) is 3.10. The number of rotatable bonds is 4. The van der Waals surface area contributed by atoms with Crippen LogP contribution in [0.2, 0.25) is 0 Å². The molecule has 9 heteroatoms. The molecule has 4 N–H and O–H groups in total. The van der Waals surface area contributed by atoms with Crippen molar-refractivity contribution in [3.8, 4) is 0 Å². The SMILES string of the molecule is CC(C)/C(=N/N)N(N)c1cccc(N2Cc3ccc(N4CCOCC4)cc3C2=O)n1. The van der Waals surface area contributed by atoms with Crippen molar-refractivity contribution in [3.63, 3.8) is 0 Å². The quantitative estimate of drug-likeness (QED) is 0.342. The van der Waals surface area contributed by atoms with Gasteiger partial charge in [0.1, 0.15) is 11.7 Å². The Kier molecular flexibility index (Phi) is 5.56. The molecule has 0 bridgehead atoms. The van der Waals surface area contributed by atoms with E-state index in [1.807, 2.05) is 32.0 Å². The number of amides is 1. The first kappa shape index (κ1) is 20.1. The van der Waals surface area contributed by atoms with Gasteiger partial charge in [0.25, 0.3) is 5.91 Å². The van der Waals surface area contributed by atoms with Crippen LogP contribution in [0.5, 0.6) is 0 Å². The van der Waals surface area contributed by atoms with Crippen molar-refractivity contribution in [2.24, 2.45) is 22.7 Å². The van der Waals surface area contributed by atoms with E-state index < -0.39 is 0 Å². The van der Waals surface area contributed by atoms with Crippen molar-refractivity contribution < 1.29 is 9.53 Å². The molecule has 0 spiro atoms. The molecule has 158 valence electrons. The highest BCUT2D eigenvalue weighted by atomic mass is 16.5. The lowest BCUT2D eigenvalue weighted by Gasteiger charge is -2.29. The minimum absolute atomic E-state index is 0.0294. The van der Waals surface area contributed by atoms with E-state index in [-0.39, 0.29) is 11.8 Å². The maximum Gasteiger partial charge on any atom is 0.260 e. The molecule has 3 heterocycles. The first-order valence-electron chi connectivity index (χ1n) is 10.1. The van der Waals surface area contributed by atoms with E-state index in [2.05, 4.69) is 21.1 Å². The summed E-state index contributed by atoms with van der Waals surface area (Å²) in [6, 6.07) is 11.5. The first-order chi connectivity index (χ1) is 14.5. The van der Waals surface area contributed by atoms with Gasteiger partial charge >= 0.3 is 0 Å². The molecule has 0 saturated carbocycles. The standard InChI is InChI=1S/C21H27N7O2/c1-14(2)20(25-22)28(23)19-5-3-4-18(24-19)27-13-15-6-7-16(12-17(15)21(27)29)26-8-10-30-11-9-26/h3-7,12,14H,8-11,13,22-23H2,1-2H3/b25-20-. The number of morpholine rings is 1. The lowest BCUT2D eigenvalue weighted by molar-refractivity contribution is 0.0996. The summed E-state index contributed by atoms with van der Waals surface area (Å²) in [4.78, 5) is 21.7. The third kappa shape index (κ3) is 3.69. The van der Waals surface area contributed by atoms with E-state index in [0.29, 0.717) is 42.8 Å². The smallest absolute Gasteiger partial charge is 0.260 e. The summed E-state index contributed by atoms with van der Waals surface area (Å²) in [5, 5.41) is 5.14. The number of fused-ring (bicyclic) bond motifs is 1. The van der Waals surface area contributed by atoms with Gasteiger partial charge in [-0.3, -0.25) is 9.69 Å². The number of ether oxygens (including phenoxy) is 1. The molecule has 30 heavy (non-hydrogen) atoms. The Morgan fingerprint density at radius 1 is 1.23 bits per heavy atom. The molecule has 2 aromatic rings. The van der Waals surface area contributed by atoms with Crippen molar-refractivity contribution in [1.82, 2.24) is 4.98 Å². The number of aromatic nitrogens is 1. The van der Waals surface area contributed by atoms with Gasteiger partial charge in [0.05, 0.1) is 19.8 Å². The molecule has 0 aliphatic carbocycles. The number of nitrogens with two attached hydrogens (primary N) is 2. The number of hydrogen-bond donors (Lipinski definition) is 2. The number of carbonyl (C=O) groups excluding carboxylic acids is 1. The van der Waals surface area contributed by atoms with Crippen molar-refractivity contribution in [2.75, 3.05) is 41.1 Å². The maximum atomic E-state index is 13.2. The van der Waals surface area contributed by atoms with Crippen LogP contribution in [0, 0.1) is 5.92 Å². The number of amidine groups is 1. The lowest BCUT2D eigenvalue weighted by atomic mass is 10.1. The van der Waals surface area contributed by atoms with Gasteiger partial charge < -0.3 is 15.5 Å². The Morgan fingerprint density at radius 2 is 2.00 bits per heavy atom. The first-order valence-corrected chi connectivity index (χ1v) is 10.1. The number of pyridine rings is 1. The number of carbonyl (C=O) groups is 1. The number of benzene rings is 1. The van der Waals surface area contributed by atoms with Gasteiger partial charge in [-0.2, -0.15) is 5.10 Å². The van der Waals surface area contributed by atoms with E-state index in [0.717, 1.165) is 24.3 Å². The van der Waals surface area contributed by atoms with Gasteiger partial charge in [-0.05, 0) is 29.8 Å². The molecule has 1 aromatic heterocycles. The monoisotopic (exact) mass is 409 g/mol. The summed E-state index contributed by atoms with van der Waals surface area (Å²) >= 11 is 0. The van der Waals surface area contributed by atoms with Crippen LogP contribution in [-0.2, 0) is 11.3 Å². The number of hydrazone groups is 1. The summed E-state index contributed by atoms with van der Waals surface area (Å²) < 4.78 is 5.42. The molecule has 1 aromatic carbocycles. The Balaban J connectivity index is 1.58. The van der Waals surface area contributed by atoms with E-state index in [1.54, 1.807) is 17.0 Å². The van der Waals surface area contributed by atoms with Crippen molar-refractivity contribution >= 4 is 29.1 Å². The molecular weight excluding hydrogens is 382 g/mol. The van der Waals surface area contributed by atoms with Crippen molar-refractivity contribution in [1.29, 1.82) is 0 Å². The maximum absolute atomic E-state index is 13.2. The van der Waals surface area contributed by atoms with E-state index in [4.69, 9.17) is 16.4 Å². The number of hydrazine groups is 1. The Bertz CT molecular complexity index is 970. The second-order valence-corrected chi connectivity index (χ2v) is 7.70.